The van der Waals surface area contributed by atoms with E-state index in [-0.39, 0.29) is 29.7 Å². The number of halogens is 1. The van der Waals surface area contributed by atoms with E-state index in [1.54, 1.807) is 30.3 Å². The SMILES string of the molecule is COc1ccc(NC(C)=O)cc1S(=O)(=O)N(CCCCCCO)c1ccc(Br)cc1. The Kier molecular flexibility index (Phi) is 9.13. The Morgan fingerprint density at radius 1 is 1.10 bits per heavy atom. The molecular weight excluding hydrogens is 472 g/mol. The van der Waals surface area contributed by atoms with Gasteiger partial charge in [0.05, 0.1) is 12.8 Å². The Hall–Kier alpha value is -2.10. The molecule has 2 N–H and O–H groups in total. The third-order valence-electron chi connectivity index (χ3n) is 4.44. The first-order valence-corrected chi connectivity index (χ1v) is 11.9. The van der Waals surface area contributed by atoms with Gasteiger partial charge in [-0.2, -0.15) is 0 Å². The van der Waals surface area contributed by atoms with E-state index in [0.29, 0.717) is 24.2 Å². The maximum Gasteiger partial charge on any atom is 0.268 e. The number of unbranched alkanes of at least 4 members (excludes halogenated alkanes) is 3. The van der Waals surface area contributed by atoms with Gasteiger partial charge in [0.15, 0.2) is 0 Å². The Labute approximate surface area is 186 Å². The fourth-order valence-corrected chi connectivity index (χ4v) is 4.95. The van der Waals surface area contributed by atoms with Crippen LogP contribution in [0.25, 0.3) is 0 Å². The van der Waals surface area contributed by atoms with Crippen LogP contribution in [0.4, 0.5) is 11.4 Å². The highest BCUT2D eigenvalue weighted by atomic mass is 79.9. The summed E-state index contributed by atoms with van der Waals surface area (Å²) in [6.07, 6.45) is 2.96. The molecule has 2 rings (SSSR count). The Morgan fingerprint density at radius 2 is 1.77 bits per heavy atom. The van der Waals surface area contributed by atoms with Gasteiger partial charge in [-0.1, -0.05) is 28.8 Å². The van der Waals surface area contributed by atoms with Crippen molar-refractivity contribution in [2.75, 3.05) is 29.9 Å². The second kappa shape index (κ2) is 11.3. The highest BCUT2D eigenvalue weighted by Crippen LogP contribution is 2.33. The van der Waals surface area contributed by atoms with Gasteiger partial charge in [-0.15, -0.1) is 0 Å². The van der Waals surface area contributed by atoms with Gasteiger partial charge in [0, 0.05) is 30.2 Å². The van der Waals surface area contributed by atoms with Crippen molar-refractivity contribution < 1.29 is 23.1 Å². The van der Waals surface area contributed by atoms with E-state index in [1.165, 1.54) is 30.5 Å². The molecule has 164 valence electrons. The summed E-state index contributed by atoms with van der Waals surface area (Å²) in [5.41, 5.74) is 0.910. The average molecular weight is 499 g/mol. The minimum Gasteiger partial charge on any atom is -0.495 e. The van der Waals surface area contributed by atoms with Gasteiger partial charge in [-0.3, -0.25) is 9.10 Å². The number of anilines is 2. The van der Waals surface area contributed by atoms with Crippen molar-refractivity contribution in [2.45, 2.75) is 37.5 Å². The van der Waals surface area contributed by atoms with Crippen LogP contribution in [0.1, 0.15) is 32.6 Å². The van der Waals surface area contributed by atoms with Crippen LogP contribution in [0.15, 0.2) is 51.8 Å². The molecule has 1 amide bonds. The minimum absolute atomic E-state index is 0.0190. The maximum atomic E-state index is 13.6. The number of benzene rings is 2. The van der Waals surface area contributed by atoms with Gasteiger partial charge in [-0.25, -0.2) is 8.42 Å². The van der Waals surface area contributed by atoms with Crippen molar-refractivity contribution in [2.24, 2.45) is 0 Å². The summed E-state index contributed by atoms with van der Waals surface area (Å²) in [6, 6.07) is 11.6. The fourth-order valence-electron chi connectivity index (χ4n) is 2.99. The van der Waals surface area contributed by atoms with Crippen molar-refractivity contribution >= 4 is 43.2 Å². The highest BCUT2D eigenvalue weighted by molar-refractivity contribution is 9.10. The summed E-state index contributed by atoms with van der Waals surface area (Å²) in [5.74, 6) is -0.0938. The van der Waals surface area contributed by atoms with Crippen LogP contribution in [-0.4, -0.2) is 39.7 Å². The standard InChI is InChI=1S/C21H27BrN2O5S/c1-16(26)23-18-9-12-20(29-2)21(15-18)30(27,28)24(13-5-3-4-6-14-25)19-10-7-17(22)8-11-19/h7-12,15,25H,3-6,13-14H2,1-2H3,(H,23,26). The van der Waals surface area contributed by atoms with E-state index in [1.807, 2.05) is 0 Å². The smallest absolute Gasteiger partial charge is 0.268 e. The van der Waals surface area contributed by atoms with Crippen molar-refractivity contribution in [1.82, 2.24) is 0 Å². The number of methoxy groups -OCH3 is 1. The summed E-state index contributed by atoms with van der Waals surface area (Å²) in [7, 11) is -2.56. The van der Waals surface area contributed by atoms with Crippen molar-refractivity contribution in [3.05, 3.63) is 46.9 Å². The molecule has 0 saturated carbocycles. The van der Waals surface area contributed by atoms with Gasteiger partial charge < -0.3 is 15.2 Å². The number of aliphatic hydroxyl groups excluding tert-OH is 1. The number of ether oxygens (including phenoxy) is 1. The third-order valence-corrected chi connectivity index (χ3v) is 6.81. The van der Waals surface area contributed by atoms with Crippen LogP contribution in [0.2, 0.25) is 0 Å². The van der Waals surface area contributed by atoms with Crippen LogP contribution < -0.4 is 14.4 Å². The monoisotopic (exact) mass is 498 g/mol. The molecule has 0 saturated heterocycles. The van der Waals surface area contributed by atoms with Crippen molar-refractivity contribution in [3.8, 4) is 5.75 Å². The molecule has 0 bridgehead atoms. The molecule has 0 radical (unpaired) electrons. The van der Waals surface area contributed by atoms with Crippen LogP contribution in [-0.2, 0) is 14.8 Å². The zero-order valence-corrected chi connectivity index (χ0v) is 19.5. The average Bonchev–Trinajstić information content (AvgIpc) is 2.71. The number of amides is 1. The number of hydrogen-bond donors (Lipinski definition) is 2. The number of carbonyl (C=O) groups is 1. The molecular formula is C21H27BrN2O5S. The summed E-state index contributed by atoms with van der Waals surface area (Å²) >= 11 is 3.37. The van der Waals surface area contributed by atoms with Crippen LogP contribution in [0.5, 0.6) is 5.75 Å². The highest BCUT2D eigenvalue weighted by Gasteiger charge is 2.28. The molecule has 2 aromatic rings. The summed E-state index contributed by atoms with van der Waals surface area (Å²) < 4.78 is 34.8. The van der Waals surface area contributed by atoms with Gasteiger partial charge in [-0.05, 0) is 55.3 Å². The predicted molar refractivity (Wildman–Crippen MR) is 122 cm³/mol. The van der Waals surface area contributed by atoms with Crippen LogP contribution in [0.3, 0.4) is 0 Å². The molecule has 0 heterocycles. The first kappa shape index (κ1) is 24.2. The lowest BCUT2D eigenvalue weighted by Crippen LogP contribution is -2.32. The zero-order chi connectivity index (χ0) is 22.1. The lowest BCUT2D eigenvalue weighted by Gasteiger charge is -2.26. The lowest BCUT2D eigenvalue weighted by atomic mass is 10.2. The molecule has 0 aromatic heterocycles. The number of nitrogens with one attached hydrogen (secondary N) is 1. The van der Waals surface area contributed by atoms with Gasteiger partial charge in [0.1, 0.15) is 10.6 Å². The number of rotatable bonds is 11. The van der Waals surface area contributed by atoms with Crippen molar-refractivity contribution in [1.29, 1.82) is 0 Å². The van der Waals surface area contributed by atoms with E-state index in [4.69, 9.17) is 9.84 Å². The maximum absolute atomic E-state index is 13.6. The second-order valence-corrected chi connectivity index (χ2v) is 9.48. The van der Waals surface area contributed by atoms with E-state index in [0.717, 1.165) is 17.3 Å². The molecule has 30 heavy (non-hydrogen) atoms. The summed E-state index contributed by atoms with van der Waals surface area (Å²) in [6.45, 7) is 1.77. The van der Waals surface area contributed by atoms with E-state index >= 15 is 0 Å². The van der Waals surface area contributed by atoms with Crippen molar-refractivity contribution in [3.63, 3.8) is 0 Å². The molecule has 9 heteroatoms. The van der Waals surface area contributed by atoms with Gasteiger partial charge in [0.25, 0.3) is 10.0 Å². The molecule has 0 atom stereocenters. The molecule has 0 spiro atoms. The largest absolute Gasteiger partial charge is 0.495 e. The minimum atomic E-state index is -3.97. The molecule has 0 aliphatic carbocycles. The Bertz CT molecular complexity index is 948. The topological polar surface area (TPSA) is 95.9 Å². The molecule has 0 unspecified atom stereocenters. The number of carbonyl (C=O) groups excluding carboxylic acids is 1. The van der Waals surface area contributed by atoms with E-state index < -0.39 is 10.0 Å². The van der Waals surface area contributed by atoms with E-state index in [9.17, 15) is 13.2 Å². The lowest BCUT2D eigenvalue weighted by molar-refractivity contribution is -0.114. The third kappa shape index (κ3) is 6.45. The first-order chi connectivity index (χ1) is 14.3. The summed E-state index contributed by atoms with van der Waals surface area (Å²) in [4.78, 5) is 11.4. The Morgan fingerprint density at radius 3 is 2.37 bits per heavy atom. The molecule has 2 aromatic carbocycles. The predicted octanol–water partition coefficient (Wildman–Crippen LogP) is 4.16. The van der Waals surface area contributed by atoms with Gasteiger partial charge in [0.2, 0.25) is 5.91 Å². The molecule has 0 fully saturated rings. The van der Waals surface area contributed by atoms with E-state index in [2.05, 4.69) is 21.2 Å². The number of nitrogens with zero attached hydrogens (tertiary/aromatic N) is 1. The summed E-state index contributed by atoms with van der Waals surface area (Å²) in [5, 5.41) is 11.6. The quantitative estimate of drug-likeness (QED) is 0.453. The second-order valence-electron chi connectivity index (χ2n) is 6.74. The number of sulfonamides is 1. The van der Waals surface area contributed by atoms with Crippen LogP contribution in [0, 0.1) is 0 Å². The fraction of sp³-hybridized carbons (Fsp3) is 0.381. The Balaban J connectivity index is 2.44. The number of aliphatic hydroxyl groups is 1. The zero-order valence-electron chi connectivity index (χ0n) is 17.1. The molecule has 0 aliphatic heterocycles. The molecule has 7 nitrogen and oxygen atoms in total. The molecule has 0 aliphatic rings. The number of hydrogen-bond acceptors (Lipinski definition) is 5. The first-order valence-electron chi connectivity index (χ1n) is 9.64. The normalized spacial score (nSPS) is 11.2. The van der Waals surface area contributed by atoms with Crippen LogP contribution >= 0.6 is 15.9 Å². The van der Waals surface area contributed by atoms with Gasteiger partial charge >= 0.3 is 0 Å².